The number of H-pyrrole nitrogens is 1. The number of aromatic amines is 1. The Morgan fingerprint density at radius 3 is 2.55 bits per heavy atom. The average molecular weight is 394 g/mol. The van der Waals surface area contributed by atoms with Crippen LogP contribution in [0.3, 0.4) is 0 Å². The molecule has 0 aliphatic rings. The van der Waals surface area contributed by atoms with E-state index in [9.17, 15) is 4.79 Å². The third kappa shape index (κ3) is 2.51. The average Bonchev–Trinajstić information content (AvgIpc) is 2.90. The van der Waals surface area contributed by atoms with Crippen molar-refractivity contribution < 1.29 is 4.79 Å². The van der Waals surface area contributed by atoms with Crippen LogP contribution in [-0.2, 0) is 0 Å². The Morgan fingerprint density at radius 2 is 1.80 bits per heavy atom. The minimum absolute atomic E-state index is 0.144. The van der Waals surface area contributed by atoms with Gasteiger partial charge in [0.25, 0.3) is 5.91 Å². The molecule has 3 nitrogen and oxygen atoms in total. The molecule has 1 heterocycles. The van der Waals surface area contributed by atoms with E-state index in [2.05, 4.69) is 42.2 Å². The molecule has 0 spiro atoms. The second-order valence-corrected chi connectivity index (χ2v) is 6.04. The first-order valence-electron chi connectivity index (χ1n) is 5.97. The summed E-state index contributed by atoms with van der Waals surface area (Å²) in [5.41, 5.74) is 2.29. The number of hydrogen-bond acceptors (Lipinski definition) is 1. The lowest BCUT2D eigenvalue weighted by molar-refractivity contribution is 0.102. The molecule has 20 heavy (non-hydrogen) atoms. The monoisotopic (exact) mass is 392 g/mol. The molecule has 1 aromatic heterocycles. The number of carbonyl (C=O) groups is 1. The van der Waals surface area contributed by atoms with Crippen LogP contribution in [0.5, 0.6) is 0 Å². The van der Waals surface area contributed by atoms with Crippen molar-refractivity contribution >= 4 is 54.4 Å². The van der Waals surface area contributed by atoms with Gasteiger partial charge in [0.15, 0.2) is 0 Å². The van der Waals surface area contributed by atoms with Crippen LogP contribution in [0.2, 0.25) is 0 Å². The summed E-state index contributed by atoms with van der Waals surface area (Å²) in [6.45, 7) is 0. The molecular weight excluding hydrogens is 384 g/mol. The summed E-state index contributed by atoms with van der Waals surface area (Å²) in [4.78, 5) is 15.4. The van der Waals surface area contributed by atoms with Gasteiger partial charge in [-0.05, 0) is 67.6 Å². The minimum atomic E-state index is -0.144. The van der Waals surface area contributed by atoms with E-state index in [1.54, 1.807) is 0 Å². The highest BCUT2D eigenvalue weighted by Crippen LogP contribution is 2.31. The fourth-order valence-corrected chi connectivity index (χ4v) is 3.19. The quantitative estimate of drug-likeness (QED) is 0.635. The molecule has 0 unspecified atom stereocenters. The van der Waals surface area contributed by atoms with E-state index in [-0.39, 0.29) is 5.91 Å². The van der Waals surface area contributed by atoms with Crippen LogP contribution in [-0.4, -0.2) is 10.9 Å². The lowest BCUT2D eigenvalue weighted by Gasteiger charge is -2.09. The number of amides is 1. The normalized spacial score (nSPS) is 10.7. The molecule has 0 aliphatic carbocycles. The van der Waals surface area contributed by atoms with Crippen molar-refractivity contribution in [3.63, 3.8) is 0 Å². The smallest absolute Gasteiger partial charge is 0.255 e. The van der Waals surface area contributed by atoms with E-state index in [0.29, 0.717) is 5.56 Å². The lowest BCUT2D eigenvalue weighted by atomic mass is 10.1. The molecule has 3 aromatic rings. The molecule has 0 radical (unpaired) electrons. The van der Waals surface area contributed by atoms with Gasteiger partial charge in [0.1, 0.15) is 0 Å². The van der Waals surface area contributed by atoms with Crippen LogP contribution < -0.4 is 5.32 Å². The summed E-state index contributed by atoms with van der Waals surface area (Å²) in [6, 6.07) is 13.2. The van der Waals surface area contributed by atoms with Crippen molar-refractivity contribution in [2.75, 3.05) is 5.32 Å². The van der Waals surface area contributed by atoms with E-state index in [1.807, 2.05) is 48.7 Å². The first-order chi connectivity index (χ1) is 9.65. The predicted octanol–water partition coefficient (Wildman–Crippen LogP) is 4.95. The fraction of sp³-hybridized carbons (Fsp3) is 0. The standard InChI is InChI=1S/C15H10Br2N2O/c16-11-2-1-3-12(17)14(11)19-15(20)10-5-4-9-6-7-18-13(9)8-10/h1-8,18H,(H,19,20). The number of nitrogens with one attached hydrogen (secondary N) is 2. The molecule has 0 fully saturated rings. The first-order valence-corrected chi connectivity index (χ1v) is 7.56. The van der Waals surface area contributed by atoms with Gasteiger partial charge in [0.05, 0.1) is 5.69 Å². The highest BCUT2D eigenvalue weighted by Gasteiger charge is 2.11. The molecule has 1 amide bonds. The van der Waals surface area contributed by atoms with Gasteiger partial charge < -0.3 is 10.3 Å². The largest absolute Gasteiger partial charge is 0.361 e. The summed E-state index contributed by atoms with van der Waals surface area (Å²) in [6.07, 6.45) is 1.86. The number of halogens is 2. The minimum Gasteiger partial charge on any atom is -0.361 e. The maximum absolute atomic E-state index is 12.3. The summed E-state index contributed by atoms with van der Waals surface area (Å²) in [5, 5.41) is 3.99. The Balaban J connectivity index is 1.92. The zero-order valence-corrected chi connectivity index (χ0v) is 13.5. The number of benzene rings is 2. The fourth-order valence-electron chi connectivity index (χ4n) is 1.99. The maximum Gasteiger partial charge on any atom is 0.255 e. The summed E-state index contributed by atoms with van der Waals surface area (Å²) in [5.74, 6) is -0.144. The number of rotatable bonds is 2. The van der Waals surface area contributed by atoms with Crippen molar-refractivity contribution in [3.05, 3.63) is 63.2 Å². The first kappa shape index (κ1) is 13.4. The van der Waals surface area contributed by atoms with Gasteiger partial charge in [-0.2, -0.15) is 0 Å². The zero-order chi connectivity index (χ0) is 14.1. The number of hydrogen-bond donors (Lipinski definition) is 2. The molecule has 0 bridgehead atoms. The summed E-state index contributed by atoms with van der Waals surface area (Å²) < 4.78 is 1.67. The number of para-hydroxylation sites is 1. The molecule has 0 atom stereocenters. The molecule has 0 aliphatic heterocycles. The van der Waals surface area contributed by atoms with Crippen molar-refractivity contribution in [1.82, 2.24) is 4.98 Å². The second kappa shape index (κ2) is 5.42. The van der Waals surface area contributed by atoms with E-state index >= 15 is 0 Å². The third-order valence-electron chi connectivity index (χ3n) is 3.02. The highest BCUT2D eigenvalue weighted by molar-refractivity contribution is 9.11. The van der Waals surface area contributed by atoms with Gasteiger partial charge in [-0.3, -0.25) is 4.79 Å². The van der Waals surface area contributed by atoms with Gasteiger partial charge in [-0.1, -0.05) is 12.1 Å². The SMILES string of the molecule is O=C(Nc1c(Br)cccc1Br)c1ccc2cc[nH]c2c1. The number of aromatic nitrogens is 1. The van der Waals surface area contributed by atoms with Crippen LogP contribution in [0.4, 0.5) is 5.69 Å². The van der Waals surface area contributed by atoms with Crippen LogP contribution in [0.15, 0.2) is 57.6 Å². The van der Waals surface area contributed by atoms with Gasteiger partial charge >= 0.3 is 0 Å². The predicted molar refractivity (Wildman–Crippen MR) is 88.1 cm³/mol. The molecule has 3 rings (SSSR count). The van der Waals surface area contributed by atoms with Crippen molar-refractivity contribution in [2.24, 2.45) is 0 Å². The molecular formula is C15H10Br2N2O. The molecule has 2 N–H and O–H groups in total. The lowest BCUT2D eigenvalue weighted by Crippen LogP contribution is -2.12. The Morgan fingerprint density at radius 1 is 1.05 bits per heavy atom. The topological polar surface area (TPSA) is 44.9 Å². The Kier molecular flexibility index (Phi) is 3.63. The Labute approximate surface area is 132 Å². The highest BCUT2D eigenvalue weighted by atomic mass is 79.9. The van der Waals surface area contributed by atoms with E-state index in [0.717, 1.165) is 25.5 Å². The Bertz CT molecular complexity index is 775. The third-order valence-corrected chi connectivity index (χ3v) is 4.34. The number of anilines is 1. The van der Waals surface area contributed by atoms with E-state index < -0.39 is 0 Å². The van der Waals surface area contributed by atoms with Crippen molar-refractivity contribution in [2.45, 2.75) is 0 Å². The molecule has 2 aromatic carbocycles. The molecule has 100 valence electrons. The van der Waals surface area contributed by atoms with Gasteiger partial charge in [0, 0.05) is 26.2 Å². The van der Waals surface area contributed by atoms with E-state index in [4.69, 9.17) is 0 Å². The number of carbonyl (C=O) groups excluding carboxylic acids is 1. The summed E-state index contributed by atoms with van der Waals surface area (Å²) >= 11 is 6.86. The molecule has 0 saturated heterocycles. The van der Waals surface area contributed by atoms with Gasteiger partial charge in [-0.25, -0.2) is 0 Å². The van der Waals surface area contributed by atoms with E-state index in [1.165, 1.54) is 0 Å². The summed E-state index contributed by atoms with van der Waals surface area (Å²) in [7, 11) is 0. The second-order valence-electron chi connectivity index (χ2n) is 4.33. The van der Waals surface area contributed by atoms with Crippen LogP contribution in [0.1, 0.15) is 10.4 Å². The van der Waals surface area contributed by atoms with Crippen molar-refractivity contribution in [1.29, 1.82) is 0 Å². The van der Waals surface area contributed by atoms with Gasteiger partial charge in [-0.15, -0.1) is 0 Å². The molecule has 5 heteroatoms. The molecule has 0 saturated carbocycles. The van der Waals surface area contributed by atoms with Crippen LogP contribution in [0.25, 0.3) is 10.9 Å². The maximum atomic E-state index is 12.3. The van der Waals surface area contributed by atoms with Crippen LogP contribution in [0, 0.1) is 0 Å². The Hall–Kier alpha value is -1.59. The number of fused-ring (bicyclic) bond motifs is 1. The van der Waals surface area contributed by atoms with Crippen molar-refractivity contribution in [3.8, 4) is 0 Å². The van der Waals surface area contributed by atoms with Gasteiger partial charge in [0.2, 0.25) is 0 Å². The zero-order valence-electron chi connectivity index (χ0n) is 10.3. The van der Waals surface area contributed by atoms with Crippen LogP contribution >= 0.6 is 31.9 Å².